The second-order valence-electron chi connectivity index (χ2n) is 3.02. The minimum absolute atomic E-state index is 1.37. The second-order valence-corrected chi connectivity index (χ2v) is 6.55. The number of rotatable bonds is 4. The van der Waals surface area contributed by atoms with E-state index in [4.69, 9.17) is 0 Å². The third kappa shape index (κ3) is 2.56. The van der Waals surface area contributed by atoms with Crippen molar-refractivity contribution in [2.75, 3.05) is 12.5 Å². The van der Waals surface area contributed by atoms with Crippen molar-refractivity contribution in [1.82, 2.24) is 0 Å². The minimum atomic E-state index is 1.37. The molecule has 0 saturated heterocycles. The van der Waals surface area contributed by atoms with Gasteiger partial charge in [0.15, 0.2) is 0 Å². The van der Waals surface area contributed by atoms with Gasteiger partial charge >= 0.3 is 0 Å². The Morgan fingerprint density at radius 3 is 1.56 bits per heavy atom. The third-order valence-corrected chi connectivity index (χ3v) is 5.93. The molecule has 0 aliphatic heterocycles. The highest BCUT2D eigenvalue weighted by Crippen LogP contribution is 2.42. The maximum absolute atomic E-state index is 2.19. The zero-order valence-electron chi connectivity index (χ0n) is 9.10. The van der Waals surface area contributed by atoms with Gasteiger partial charge in [0.25, 0.3) is 0 Å². The highest BCUT2D eigenvalue weighted by Gasteiger charge is 2.11. The lowest BCUT2D eigenvalue weighted by molar-refractivity contribution is 1.91. The van der Waals surface area contributed by atoms with Crippen molar-refractivity contribution in [3.05, 3.63) is 44.8 Å². The van der Waals surface area contributed by atoms with Crippen LogP contribution in [-0.4, -0.2) is 12.5 Å². The monoisotopic (exact) mass is 284 g/mol. The fourth-order valence-corrected chi connectivity index (χ4v) is 5.31. The van der Waals surface area contributed by atoms with Crippen LogP contribution >= 0.6 is 46.2 Å². The van der Waals surface area contributed by atoms with Crippen LogP contribution in [0.5, 0.6) is 0 Å². The lowest BCUT2D eigenvalue weighted by Gasteiger charge is -2.08. The van der Waals surface area contributed by atoms with E-state index in [9.17, 15) is 0 Å². The fourth-order valence-electron chi connectivity index (χ4n) is 1.43. The molecule has 0 saturated carbocycles. The van der Waals surface area contributed by atoms with Crippen LogP contribution in [0.1, 0.15) is 9.75 Å². The molecule has 0 aliphatic rings. The van der Waals surface area contributed by atoms with E-state index in [1.54, 1.807) is 0 Å². The topological polar surface area (TPSA) is 0 Å². The Morgan fingerprint density at radius 2 is 1.31 bits per heavy atom. The molecule has 0 atom stereocenters. The van der Waals surface area contributed by atoms with Crippen LogP contribution in [0.25, 0.3) is 9.81 Å². The van der Waals surface area contributed by atoms with Gasteiger partial charge in [0.2, 0.25) is 0 Å². The van der Waals surface area contributed by atoms with E-state index in [0.29, 0.717) is 0 Å². The van der Waals surface area contributed by atoms with Crippen LogP contribution in [0.2, 0.25) is 0 Å². The predicted octanol–water partition coefficient (Wildman–Crippen LogP) is 5.36. The highest BCUT2D eigenvalue weighted by atomic mass is 32.2. The van der Waals surface area contributed by atoms with Crippen molar-refractivity contribution in [2.45, 2.75) is 0 Å². The van der Waals surface area contributed by atoms with Gasteiger partial charge in [-0.2, -0.15) is 0 Å². The van der Waals surface area contributed by atoms with Crippen molar-refractivity contribution in [3.8, 4) is 0 Å². The lowest BCUT2D eigenvalue weighted by Crippen LogP contribution is -1.80. The molecule has 4 heteroatoms. The number of hydrogen-bond acceptors (Lipinski definition) is 4. The Kier molecular flexibility index (Phi) is 4.58. The zero-order chi connectivity index (χ0) is 11.4. The summed E-state index contributed by atoms with van der Waals surface area (Å²) in [7, 11) is 0. The molecule has 0 bridgehead atoms. The van der Waals surface area contributed by atoms with Gasteiger partial charge in [0.1, 0.15) is 0 Å². The van der Waals surface area contributed by atoms with Crippen LogP contribution in [0.15, 0.2) is 35.0 Å². The Bertz CT molecular complexity index is 407. The van der Waals surface area contributed by atoms with Crippen LogP contribution in [0.3, 0.4) is 0 Å². The van der Waals surface area contributed by atoms with Gasteiger partial charge < -0.3 is 0 Å². The number of hydrogen-bond donors (Lipinski definition) is 0. The van der Waals surface area contributed by atoms with Crippen molar-refractivity contribution >= 4 is 56.0 Å². The molecule has 0 unspecified atom stereocenters. The van der Waals surface area contributed by atoms with Crippen molar-refractivity contribution < 1.29 is 0 Å². The smallest absolute Gasteiger partial charge is 0.0417 e. The summed E-state index contributed by atoms with van der Waals surface area (Å²) in [4.78, 5) is 5.52. The molecule has 16 heavy (non-hydrogen) atoms. The van der Waals surface area contributed by atoms with E-state index in [-0.39, 0.29) is 0 Å². The molecule has 2 heterocycles. The molecule has 0 fully saturated rings. The van der Waals surface area contributed by atoms with Crippen LogP contribution < -0.4 is 0 Å². The van der Waals surface area contributed by atoms with Gasteiger partial charge in [-0.15, -0.1) is 46.2 Å². The maximum Gasteiger partial charge on any atom is 0.0417 e. The summed E-state index contributed by atoms with van der Waals surface area (Å²) in [5.74, 6) is 0. The molecule has 0 radical (unpaired) electrons. The van der Waals surface area contributed by atoms with Crippen molar-refractivity contribution in [2.24, 2.45) is 0 Å². The summed E-state index contributed by atoms with van der Waals surface area (Å²) < 4.78 is 0. The second kappa shape index (κ2) is 5.96. The number of thioether (sulfide) groups is 2. The third-order valence-electron chi connectivity index (χ3n) is 2.10. The molecular formula is C12H12S4. The predicted molar refractivity (Wildman–Crippen MR) is 82.5 cm³/mol. The summed E-state index contributed by atoms with van der Waals surface area (Å²) >= 11 is 7.29. The molecule has 0 spiro atoms. The Labute approximate surface area is 113 Å². The van der Waals surface area contributed by atoms with Crippen LogP contribution in [0.4, 0.5) is 0 Å². The summed E-state index contributed by atoms with van der Waals surface area (Å²) in [6.07, 6.45) is 4.30. The summed E-state index contributed by atoms with van der Waals surface area (Å²) in [6, 6.07) is 8.62. The Balaban J connectivity index is 2.50. The van der Waals surface area contributed by atoms with E-state index >= 15 is 0 Å². The van der Waals surface area contributed by atoms with Gasteiger partial charge in [0, 0.05) is 19.6 Å². The van der Waals surface area contributed by atoms with Gasteiger partial charge in [-0.1, -0.05) is 12.1 Å². The molecular weight excluding hydrogens is 272 g/mol. The van der Waals surface area contributed by atoms with E-state index in [2.05, 4.69) is 47.5 Å². The zero-order valence-corrected chi connectivity index (χ0v) is 12.4. The first-order valence-electron chi connectivity index (χ1n) is 4.77. The summed E-state index contributed by atoms with van der Waals surface area (Å²) in [5.41, 5.74) is 0. The Morgan fingerprint density at radius 1 is 0.875 bits per heavy atom. The molecule has 2 aromatic rings. The van der Waals surface area contributed by atoms with Gasteiger partial charge in [-0.05, 0) is 35.4 Å². The quantitative estimate of drug-likeness (QED) is 0.741. The highest BCUT2D eigenvalue weighted by molar-refractivity contribution is 8.13. The first-order chi connectivity index (χ1) is 7.86. The van der Waals surface area contributed by atoms with Crippen LogP contribution in [-0.2, 0) is 0 Å². The van der Waals surface area contributed by atoms with Crippen molar-refractivity contribution in [3.63, 3.8) is 0 Å². The number of thiophene rings is 2. The molecule has 0 nitrogen and oxygen atoms in total. The molecule has 2 aromatic heterocycles. The van der Waals surface area contributed by atoms with Crippen LogP contribution in [0, 0.1) is 0 Å². The molecule has 0 N–H and O–H groups in total. The lowest BCUT2D eigenvalue weighted by atomic mass is 10.3. The summed E-state index contributed by atoms with van der Waals surface area (Å²) in [6.45, 7) is 0. The van der Waals surface area contributed by atoms with Crippen molar-refractivity contribution in [1.29, 1.82) is 0 Å². The van der Waals surface area contributed by atoms with E-state index in [1.165, 1.54) is 19.6 Å². The molecule has 0 amide bonds. The van der Waals surface area contributed by atoms with Gasteiger partial charge in [0.05, 0.1) is 0 Å². The van der Waals surface area contributed by atoms with E-state index in [0.717, 1.165) is 0 Å². The molecule has 84 valence electrons. The summed E-state index contributed by atoms with van der Waals surface area (Å²) in [5, 5.41) is 4.27. The van der Waals surface area contributed by atoms with E-state index < -0.39 is 0 Å². The average molecular weight is 284 g/mol. The van der Waals surface area contributed by atoms with E-state index in [1.807, 2.05) is 46.2 Å². The fraction of sp³-hybridized carbons (Fsp3) is 0.167. The normalized spacial score (nSPS) is 12.6. The maximum atomic E-state index is 2.19. The molecule has 0 aromatic carbocycles. The largest absolute Gasteiger partial charge is 0.143 e. The SMILES string of the molecule is CS/C(=C(/SC)c1cccs1)c1cccs1. The first-order valence-corrected chi connectivity index (χ1v) is 8.97. The molecule has 2 rings (SSSR count). The minimum Gasteiger partial charge on any atom is -0.143 e. The molecule has 0 aliphatic carbocycles. The standard InChI is InChI=1S/C12H12S4/c1-13-11(9-5-3-7-15-9)12(14-2)10-6-4-8-16-10/h3-8H,1-2H3/b12-11+. The average Bonchev–Trinajstić information content (AvgIpc) is 2.97. The Hall–Kier alpha value is -0.160. The first kappa shape index (κ1) is 12.3. The van der Waals surface area contributed by atoms with Gasteiger partial charge in [-0.25, -0.2) is 0 Å². The van der Waals surface area contributed by atoms with Gasteiger partial charge in [-0.3, -0.25) is 0 Å².